The third-order valence-electron chi connectivity index (χ3n) is 4.03. The van der Waals surface area contributed by atoms with Crippen LogP contribution in [0.25, 0.3) is 0 Å². The number of ether oxygens (including phenoxy) is 1. The molecule has 0 aliphatic carbocycles. The Hall–Kier alpha value is -2.53. The highest BCUT2D eigenvalue weighted by atomic mass is 35.5. The fourth-order valence-electron chi connectivity index (χ4n) is 2.57. The van der Waals surface area contributed by atoms with E-state index in [4.69, 9.17) is 16.3 Å². The molecule has 5 nitrogen and oxygen atoms in total. The Morgan fingerprint density at radius 2 is 1.85 bits per heavy atom. The number of hydrogen-bond donors (Lipinski definition) is 2. The van der Waals surface area contributed by atoms with Gasteiger partial charge in [-0.3, -0.25) is 20.4 Å². The van der Waals surface area contributed by atoms with Gasteiger partial charge < -0.3 is 4.74 Å². The van der Waals surface area contributed by atoms with E-state index >= 15 is 0 Å². The Balaban J connectivity index is 1.78. The first-order valence-corrected chi connectivity index (χ1v) is 8.84. The molecule has 0 spiro atoms. The summed E-state index contributed by atoms with van der Waals surface area (Å²) < 4.78 is 5.13. The molecule has 2 amide bonds. The summed E-state index contributed by atoms with van der Waals surface area (Å²) in [6, 6.07) is 14.8. The lowest BCUT2D eigenvalue weighted by Crippen LogP contribution is -2.42. The highest BCUT2D eigenvalue weighted by molar-refractivity contribution is 6.30. The van der Waals surface area contributed by atoms with Crippen molar-refractivity contribution in [2.24, 2.45) is 5.92 Å². The van der Waals surface area contributed by atoms with Crippen molar-refractivity contribution in [3.05, 3.63) is 64.7 Å². The average molecular weight is 375 g/mol. The summed E-state index contributed by atoms with van der Waals surface area (Å²) in [4.78, 5) is 24.2. The van der Waals surface area contributed by atoms with Crippen molar-refractivity contribution in [2.45, 2.75) is 26.2 Å². The van der Waals surface area contributed by atoms with Crippen LogP contribution in [0.2, 0.25) is 5.02 Å². The number of carbonyl (C=O) groups excluding carboxylic acids is 2. The molecule has 1 atom stereocenters. The smallest absolute Gasteiger partial charge is 0.273 e. The lowest BCUT2D eigenvalue weighted by atomic mass is 9.98. The number of hydrazine groups is 1. The van der Waals surface area contributed by atoms with Gasteiger partial charge in [-0.15, -0.1) is 0 Å². The van der Waals surface area contributed by atoms with Crippen molar-refractivity contribution in [3.8, 4) is 5.75 Å². The first-order chi connectivity index (χ1) is 12.5. The van der Waals surface area contributed by atoms with E-state index < -0.39 is 5.91 Å². The van der Waals surface area contributed by atoms with Gasteiger partial charge in [0.25, 0.3) is 5.91 Å². The van der Waals surface area contributed by atoms with E-state index in [9.17, 15) is 9.59 Å². The lowest BCUT2D eigenvalue weighted by molar-refractivity contribution is -0.122. The SMILES string of the molecule is COc1cc(Cl)ccc1C(=O)NNC(=O)CC(C)CCc1ccccc1. The zero-order chi connectivity index (χ0) is 18.9. The maximum atomic E-state index is 12.2. The molecular formula is C20H23ClN2O3. The number of aryl methyl sites for hydroxylation is 1. The molecule has 0 radical (unpaired) electrons. The first kappa shape index (κ1) is 19.8. The van der Waals surface area contributed by atoms with E-state index in [1.807, 2.05) is 25.1 Å². The summed E-state index contributed by atoms with van der Waals surface area (Å²) in [6.07, 6.45) is 2.16. The van der Waals surface area contributed by atoms with E-state index in [1.165, 1.54) is 12.7 Å². The predicted octanol–water partition coefficient (Wildman–Crippen LogP) is 3.77. The Morgan fingerprint density at radius 3 is 2.54 bits per heavy atom. The van der Waals surface area contributed by atoms with E-state index in [2.05, 4.69) is 23.0 Å². The lowest BCUT2D eigenvalue weighted by Gasteiger charge is -2.13. The van der Waals surface area contributed by atoms with Crippen molar-refractivity contribution in [1.82, 2.24) is 10.9 Å². The summed E-state index contributed by atoms with van der Waals surface area (Å²) in [6.45, 7) is 2.02. The van der Waals surface area contributed by atoms with Gasteiger partial charge in [-0.25, -0.2) is 0 Å². The Morgan fingerprint density at radius 1 is 1.12 bits per heavy atom. The molecule has 2 aromatic rings. The molecule has 0 heterocycles. The Labute approximate surface area is 158 Å². The first-order valence-electron chi connectivity index (χ1n) is 8.46. The molecule has 138 valence electrons. The maximum Gasteiger partial charge on any atom is 0.273 e. The zero-order valence-electron chi connectivity index (χ0n) is 14.9. The monoisotopic (exact) mass is 374 g/mol. The average Bonchev–Trinajstić information content (AvgIpc) is 2.65. The predicted molar refractivity (Wildman–Crippen MR) is 102 cm³/mol. The van der Waals surface area contributed by atoms with Gasteiger partial charge in [-0.1, -0.05) is 48.9 Å². The standard InChI is InChI=1S/C20H23ClN2O3/c1-14(8-9-15-6-4-3-5-7-15)12-19(24)22-23-20(25)17-11-10-16(21)13-18(17)26-2/h3-7,10-11,13-14H,8-9,12H2,1-2H3,(H,22,24)(H,23,25). The molecule has 6 heteroatoms. The molecule has 26 heavy (non-hydrogen) atoms. The molecule has 0 aliphatic heterocycles. The van der Waals surface area contributed by atoms with E-state index in [0.717, 1.165) is 12.8 Å². The van der Waals surface area contributed by atoms with Crippen LogP contribution in [0, 0.1) is 5.92 Å². The molecule has 0 saturated carbocycles. The van der Waals surface area contributed by atoms with Gasteiger partial charge in [0.1, 0.15) is 5.75 Å². The van der Waals surface area contributed by atoms with Crippen LogP contribution in [-0.4, -0.2) is 18.9 Å². The molecule has 2 aromatic carbocycles. The second-order valence-electron chi connectivity index (χ2n) is 6.18. The number of rotatable bonds is 7. The number of methoxy groups -OCH3 is 1. The van der Waals surface area contributed by atoms with Gasteiger partial charge in [0.05, 0.1) is 12.7 Å². The third-order valence-corrected chi connectivity index (χ3v) is 4.26. The van der Waals surface area contributed by atoms with Crippen molar-refractivity contribution in [2.75, 3.05) is 7.11 Å². The summed E-state index contributed by atoms with van der Waals surface area (Å²) in [5, 5.41) is 0.467. The van der Waals surface area contributed by atoms with Gasteiger partial charge in [0, 0.05) is 11.4 Å². The van der Waals surface area contributed by atoms with Gasteiger partial charge in [0.2, 0.25) is 5.91 Å². The quantitative estimate of drug-likeness (QED) is 0.725. The van der Waals surface area contributed by atoms with Crippen LogP contribution in [-0.2, 0) is 11.2 Å². The zero-order valence-corrected chi connectivity index (χ0v) is 15.7. The van der Waals surface area contributed by atoms with Crippen molar-refractivity contribution in [1.29, 1.82) is 0 Å². The van der Waals surface area contributed by atoms with Crippen LogP contribution < -0.4 is 15.6 Å². The van der Waals surface area contributed by atoms with E-state index in [0.29, 0.717) is 22.8 Å². The maximum absolute atomic E-state index is 12.2. The van der Waals surface area contributed by atoms with Gasteiger partial charge in [-0.05, 0) is 42.5 Å². The number of hydrogen-bond acceptors (Lipinski definition) is 3. The summed E-state index contributed by atoms with van der Waals surface area (Å²) >= 11 is 5.88. The highest BCUT2D eigenvalue weighted by Crippen LogP contribution is 2.22. The molecule has 2 N–H and O–H groups in total. The number of carbonyl (C=O) groups is 2. The molecule has 0 saturated heterocycles. The summed E-state index contributed by atoms with van der Waals surface area (Å²) in [5.74, 6) is -0.131. The third kappa shape index (κ3) is 6.08. The second kappa shape index (κ2) is 9.82. The molecule has 0 fully saturated rings. The van der Waals surface area contributed by atoms with Crippen LogP contribution in [0.15, 0.2) is 48.5 Å². The van der Waals surface area contributed by atoms with Crippen molar-refractivity contribution < 1.29 is 14.3 Å². The Bertz CT molecular complexity index is 750. The van der Waals surface area contributed by atoms with Crippen molar-refractivity contribution >= 4 is 23.4 Å². The summed E-state index contributed by atoms with van der Waals surface area (Å²) in [5.41, 5.74) is 6.41. The molecule has 0 aromatic heterocycles. The molecular weight excluding hydrogens is 352 g/mol. The fraction of sp³-hybridized carbons (Fsp3) is 0.300. The number of benzene rings is 2. The second-order valence-corrected chi connectivity index (χ2v) is 6.62. The van der Waals surface area contributed by atoms with Crippen LogP contribution in [0.3, 0.4) is 0 Å². The molecule has 1 unspecified atom stereocenters. The van der Waals surface area contributed by atoms with Crippen LogP contribution in [0.4, 0.5) is 0 Å². The van der Waals surface area contributed by atoms with Gasteiger partial charge in [-0.2, -0.15) is 0 Å². The van der Waals surface area contributed by atoms with Crippen LogP contribution >= 0.6 is 11.6 Å². The highest BCUT2D eigenvalue weighted by Gasteiger charge is 2.14. The minimum Gasteiger partial charge on any atom is -0.496 e. The van der Waals surface area contributed by atoms with Crippen LogP contribution in [0.1, 0.15) is 35.7 Å². The normalized spacial score (nSPS) is 11.5. The minimum absolute atomic E-state index is 0.206. The fourth-order valence-corrected chi connectivity index (χ4v) is 2.74. The van der Waals surface area contributed by atoms with E-state index in [-0.39, 0.29) is 11.8 Å². The molecule has 2 rings (SSSR count). The number of halogens is 1. The molecule has 0 aliphatic rings. The number of amides is 2. The van der Waals surface area contributed by atoms with Crippen molar-refractivity contribution in [3.63, 3.8) is 0 Å². The van der Waals surface area contributed by atoms with Crippen LogP contribution in [0.5, 0.6) is 5.75 Å². The van der Waals surface area contributed by atoms with Gasteiger partial charge in [0.15, 0.2) is 0 Å². The number of nitrogens with one attached hydrogen (secondary N) is 2. The summed E-state index contributed by atoms with van der Waals surface area (Å²) in [7, 11) is 1.45. The topological polar surface area (TPSA) is 67.4 Å². The van der Waals surface area contributed by atoms with Gasteiger partial charge >= 0.3 is 0 Å². The molecule has 0 bridgehead atoms. The minimum atomic E-state index is -0.455. The Kier molecular flexibility index (Phi) is 7.48. The van der Waals surface area contributed by atoms with E-state index in [1.54, 1.807) is 18.2 Å². The largest absolute Gasteiger partial charge is 0.496 e.